The zero-order valence-corrected chi connectivity index (χ0v) is 18.6. The Balaban J connectivity index is 1.56. The molecule has 1 unspecified atom stereocenters. The molecular weight excluding hydrogens is 450 g/mol. The molecule has 4 aromatic rings. The molecule has 0 saturated carbocycles. The average molecular weight is 470 g/mol. The Morgan fingerprint density at radius 3 is 2.72 bits per heavy atom. The Kier molecular flexibility index (Phi) is 6.33. The first-order valence-corrected chi connectivity index (χ1v) is 11.5. The summed E-state index contributed by atoms with van der Waals surface area (Å²) in [6.07, 6.45) is -0.0612. The van der Waals surface area contributed by atoms with Gasteiger partial charge in [-0.1, -0.05) is 24.3 Å². The van der Waals surface area contributed by atoms with E-state index in [1.807, 2.05) is 30.3 Å². The number of thiazole rings is 1. The van der Waals surface area contributed by atoms with Gasteiger partial charge in [0.25, 0.3) is 5.91 Å². The molecule has 2 N–H and O–H groups in total. The summed E-state index contributed by atoms with van der Waals surface area (Å²) >= 11 is 2.57. The Morgan fingerprint density at radius 1 is 1.19 bits per heavy atom. The first kappa shape index (κ1) is 21.7. The maximum Gasteiger partial charge on any atom is 0.325 e. The van der Waals surface area contributed by atoms with E-state index in [2.05, 4.69) is 10.3 Å². The van der Waals surface area contributed by atoms with Crippen LogP contribution in [0.3, 0.4) is 0 Å². The highest BCUT2D eigenvalue weighted by Crippen LogP contribution is 2.32. The summed E-state index contributed by atoms with van der Waals surface area (Å²) in [5.41, 5.74) is 1.34. The van der Waals surface area contributed by atoms with Crippen LogP contribution in [0.2, 0.25) is 0 Å². The maximum absolute atomic E-state index is 13.1. The molecule has 0 aliphatic heterocycles. The molecule has 0 aliphatic rings. The van der Waals surface area contributed by atoms with Gasteiger partial charge >= 0.3 is 5.97 Å². The van der Waals surface area contributed by atoms with E-state index in [-0.39, 0.29) is 18.9 Å². The van der Waals surface area contributed by atoms with Crippen molar-refractivity contribution >= 4 is 56.6 Å². The van der Waals surface area contributed by atoms with E-state index in [1.54, 1.807) is 22.9 Å². The molecule has 0 saturated heterocycles. The molecule has 3 heterocycles. The zero-order valence-electron chi connectivity index (χ0n) is 17.0. The predicted octanol–water partition coefficient (Wildman–Crippen LogP) is 4.24. The number of fused-ring (bicyclic) bond motifs is 1. The minimum atomic E-state index is -1.12. The first-order chi connectivity index (χ1) is 15.4. The van der Waals surface area contributed by atoms with Gasteiger partial charge in [0.15, 0.2) is 10.9 Å². The highest BCUT2D eigenvalue weighted by atomic mass is 32.1. The number of nitrogens with one attached hydrogen (secondary N) is 1. The number of furan rings is 1. The summed E-state index contributed by atoms with van der Waals surface area (Å²) in [7, 11) is 0. The molecule has 0 bridgehead atoms. The van der Waals surface area contributed by atoms with Gasteiger partial charge in [-0.25, -0.2) is 4.98 Å². The van der Waals surface area contributed by atoms with E-state index < -0.39 is 17.9 Å². The summed E-state index contributed by atoms with van der Waals surface area (Å²) in [6.45, 7) is 1.44. The van der Waals surface area contributed by atoms with Gasteiger partial charge in [-0.2, -0.15) is 0 Å². The minimum Gasteiger partial charge on any atom is -0.480 e. The van der Waals surface area contributed by atoms with Crippen LogP contribution in [-0.2, 0) is 9.59 Å². The van der Waals surface area contributed by atoms with Crippen molar-refractivity contribution < 1.29 is 23.9 Å². The van der Waals surface area contributed by atoms with Gasteiger partial charge in [0.2, 0.25) is 5.91 Å². The van der Waals surface area contributed by atoms with Crippen LogP contribution in [-0.4, -0.2) is 40.5 Å². The summed E-state index contributed by atoms with van der Waals surface area (Å²) < 4.78 is 5.87. The standard InChI is InChI=1S/C22H19N3O5S2/c1-13(21(28)29)23-19(26)8-9-25(20(27)18-7-4-10-31-18)22-24-15(12-32-22)17-11-14-5-2-3-6-16(14)30-17/h2-7,10-13H,8-9H2,1H3,(H,23,26)(H,28,29). The van der Waals surface area contributed by atoms with Crippen LogP contribution in [0.5, 0.6) is 0 Å². The van der Waals surface area contributed by atoms with Crippen molar-refractivity contribution in [2.45, 2.75) is 19.4 Å². The van der Waals surface area contributed by atoms with E-state index >= 15 is 0 Å². The van der Waals surface area contributed by atoms with Crippen molar-refractivity contribution in [3.05, 3.63) is 58.1 Å². The number of para-hydroxylation sites is 1. The number of anilines is 1. The van der Waals surface area contributed by atoms with Gasteiger partial charge in [0.1, 0.15) is 17.3 Å². The number of thiophene rings is 1. The second-order valence-electron chi connectivity index (χ2n) is 6.98. The molecule has 3 aromatic heterocycles. The SMILES string of the molecule is CC(NC(=O)CCN(C(=O)c1cccs1)c1nc(-c2cc3ccccc3o2)cs1)C(=O)O. The van der Waals surface area contributed by atoms with Gasteiger partial charge in [0.05, 0.1) is 4.88 Å². The Hall–Kier alpha value is -3.50. The second kappa shape index (κ2) is 9.33. The number of hydrogen-bond donors (Lipinski definition) is 2. The highest BCUT2D eigenvalue weighted by molar-refractivity contribution is 7.14. The fourth-order valence-corrected chi connectivity index (χ4v) is 4.53. The number of aliphatic carboxylic acids is 1. The van der Waals surface area contributed by atoms with Crippen LogP contribution in [0.15, 0.2) is 57.6 Å². The van der Waals surface area contributed by atoms with Crippen LogP contribution in [0.4, 0.5) is 5.13 Å². The minimum absolute atomic E-state index is 0.0575. The fourth-order valence-electron chi connectivity index (χ4n) is 3.02. The molecule has 164 valence electrons. The number of hydrogen-bond acceptors (Lipinski definition) is 7. The van der Waals surface area contributed by atoms with E-state index in [0.717, 1.165) is 11.0 Å². The number of aromatic nitrogens is 1. The average Bonchev–Trinajstić information content (AvgIpc) is 3.53. The van der Waals surface area contributed by atoms with Gasteiger partial charge in [-0.05, 0) is 30.5 Å². The van der Waals surface area contributed by atoms with Gasteiger partial charge in [0, 0.05) is 23.7 Å². The number of carbonyl (C=O) groups excluding carboxylic acids is 2. The molecule has 32 heavy (non-hydrogen) atoms. The Bertz CT molecular complexity index is 1230. The lowest BCUT2D eigenvalue weighted by molar-refractivity contribution is -0.141. The van der Waals surface area contributed by atoms with Crippen LogP contribution < -0.4 is 10.2 Å². The third-order valence-corrected chi connectivity index (χ3v) is 6.41. The van der Waals surface area contributed by atoms with E-state index in [0.29, 0.717) is 21.5 Å². The quantitative estimate of drug-likeness (QED) is 0.399. The smallest absolute Gasteiger partial charge is 0.325 e. The number of nitrogens with zero attached hydrogens (tertiary/aromatic N) is 2. The van der Waals surface area contributed by atoms with Crippen molar-refractivity contribution in [2.24, 2.45) is 0 Å². The lowest BCUT2D eigenvalue weighted by atomic mass is 10.2. The number of carboxylic acid groups (broad SMARTS) is 1. The highest BCUT2D eigenvalue weighted by Gasteiger charge is 2.24. The molecule has 1 atom stereocenters. The largest absolute Gasteiger partial charge is 0.480 e. The molecule has 0 aliphatic carbocycles. The summed E-state index contributed by atoms with van der Waals surface area (Å²) in [4.78, 5) is 42.8. The summed E-state index contributed by atoms with van der Waals surface area (Å²) in [5.74, 6) is -1.27. The van der Waals surface area contributed by atoms with Crippen LogP contribution in [0, 0.1) is 0 Å². The summed E-state index contributed by atoms with van der Waals surface area (Å²) in [6, 6.07) is 12.0. The predicted molar refractivity (Wildman–Crippen MR) is 123 cm³/mol. The van der Waals surface area contributed by atoms with Crippen LogP contribution >= 0.6 is 22.7 Å². The van der Waals surface area contributed by atoms with Crippen LogP contribution in [0.25, 0.3) is 22.4 Å². The second-order valence-corrected chi connectivity index (χ2v) is 8.76. The maximum atomic E-state index is 13.1. The molecule has 0 radical (unpaired) electrons. The molecule has 0 spiro atoms. The lowest BCUT2D eigenvalue weighted by Gasteiger charge is -2.19. The third-order valence-electron chi connectivity index (χ3n) is 4.69. The topological polar surface area (TPSA) is 113 Å². The number of benzene rings is 1. The molecular formula is C22H19N3O5S2. The Labute approximate surface area is 191 Å². The fraction of sp³-hybridized carbons (Fsp3) is 0.182. The van der Waals surface area contributed by atoms with Gasteiger partial charge < -0.3 is 14.8 Å². The van der Waals surface area contributed by atoms with Crippen LogP contribution in [0.1, 0.15) is 23.0 Å². The monoisotopic (exact) mass is 469 g/mol. The van der Waals surface area contributed by atoms with Crippen molar-refractivity contribution in [3.63, 3.8) is 0 Å². The number of carboxylic acids is 1. The number of rotatable bonds is 8. The molecule has 2 amide bonds. The van der Waals surface area contributed by atoms with Gasteiger partial charge in [-0.3, -0.25) is 19.3 Å². The summed E-state index contributed by atoms with van der Waals surface area (Å²) in [5, 5.41) is 16.3. The molecule has 10 heteroatoms. The third kappa shape index (κ3) is 4.71. The van der Waals surface area contributed by atoms with E-state index in [9.17, 15) is 14.4 Å². The number of carbonyl (C=O) groups is 3. The van der Waals surface area contributed by atoms with E-state index in [1.165, 1.54) is 34.5 Å². The molecule has 4 rings (SSSR count). The molecule has 8 nitrogen and oxygen atoms in total. The lowest BCUT2D eigenvalue weighted by Crippen LogP contribution is -2.40. The van der Waals surface area contributed by atoms with Crippen molar-refractivity contribution in [2.75, 3.05) is 11.4 Å². The van der Waals surface area contributed by atoms with Crippen molar-refractivity contribution in [1.82, 2.24) is 10.3 Å². The Morgan fingerprint density at radius 2 is 2.00 bits per heavy atom. The van der Waals surface area contributed by atoms with E-state index in [4.69, 9.17) is 9.52 Å². The number of amides is 2. The normalized spacial score (nSPS) is 11.9. The first-order valence-electron chi connectivity index (χ1n) is 9.74. The zero-order chi connectivity index (χ0) is 22.7. The molecule has 1 aromatic carbocycles. The van der Waals surface area contributed by atoms with Crippen molar-refractivity contribution in [3.8, 4) is 11.5 Å². The van der Waals surface area contributed by atoms with Gasteiger partial charge in [-0.15, -0.1) is 22.7 Å². The van der Waals surface area contributed by atoms with Crippen molar-refractivity contribution in [1.29, 1.82) is 0 Å². The molecule has 0 fully saturated rings.